The molecule has 0 amide bonds. The molecule has 0 aliphatic heterocycles. The van der Waals surface area contributed by atoms with Gasteiger partial charge in [-0.1, -0.05) is 23.7 Å². The van der Waals surface area contributed by atoms with E-state index in [4.69, 9.17) is 11.6 Å². The molecule has 1 rings (SSSR count). The first-order valence-corrected chi connectivity index (χ1v) is 5.92. The number of aliphatic hydroxyl groups is 1. The Hall–Kier alpha value is -0.570. The summed E-state index contributed by atoms with van der Waals surface area (Å²) in [6.07, 6.45) is 0. The van der Waals surface area contributed by atoms with Crippen LogP contribution in [0.1, 0.15) is 39.3 Å². The zero-order valence-corrected chi connectivity index (χ0v) is 11.0. The van der Waals surface area contributed by atoms with Crippen molar-refractivity contribution in [3.63, 3.8) is 0 Å². The first kappa shape index (κ1) is 13.5. The van der Waals surface area contributed by atoms with Gasteiger partial charge in [-0.25, -0.2) is 0 Å². The maximum atomic E-state index is 9.85. The molecule has 1 aromatic rings. The van der Waals surface area contributed by atoms with Gasteiger partial charge in [-0.2, -0.15) is 0 Å². The molecule has 2 atom stereocenters. The van der Waals surface area contributed by atoms with Crippen molar-refractivity contribution in [2.75, 3.05) is 0 Å². The van der Waals surface area contributed by atoms with Gasteiger partial charge in [0, 0.05) is 17.1 Å². The summed E-state index contributed by atoms with van der Waals surface area (Å²) in [5.41, 5.74) is 0.399. The van der Waals surface area contributed by atoms with Crippen molar-refractivity contribution in [3.8, 4) is 0 Å². The molecule has 2 unspecified atom stereocenters. The van der Waals surface area contributed by atoms with Gasteiger partial charge in [-0.05, 0) is 45.4 Å². The highest BCUT2D eigenvalue weighted by Crippen LogP contribution is 2.19. The van der Waals surface area contributed by atoms with E-state index < -0.39 is 5.60 Å². The van der Waals surface area contributed by atoms with Crippen LogP contribution in [0.5, 0.6) is 0 Å². The average molecular weight is 242 g/mol. The summed E-state index contributed by atoms with van der Waals surface area (Å²) in [5.74, 6) is 0. The van der Waals surface area contributed by atoms with Crippen molar-refractivity contribution >= 4 is 11.6 Å². The largest absolute Gasteiger partial charge is 0.389 e. The lowest BCUT2D eigenvalue weighted by Crippen LogP contribution is -2.45. The quantitative estimate of drug-likeness (QED) is 0.849. The lowest BCUT2D eigenvalue weighted by molar-refractivity contribution is 0.0405. The molecular weight excluding hydrogens is 222 g/mol. The highest BCUT2D eigenvalue weighted by Gasteiger charge is 2.23. The molecule has 16 heavy (non-hydrogen) atoms. The van der Waals surface area contributed by atoms with Crippen molar-refractivity contribution in [2.24, 2.45) is 0 Å². The maximum absolute atomic E-state index is 9.85. The molecule has 2 nitrogen and oxygen atoms in total. The van der Waals surface area contributed by atoms with E-state index in [1.807, 2.05) is 31.2 Å². The molecule has 0 saturated heterocycles. The summed E-state index contributed by atoms with van der Waals surface area (Å²) < 4.78 is 0. The number of nitrogens with one attached hydrogen (secondary N) is 1. The summed E-state index contributed by atoms with van der Waals surface area (Å²) in [6.45, 7) is 7.64. The van der Waals surface area contributed by atoms with Gasteiger partial charge >= 0.3 is 0 Å². The summed E-state index contributed by atoms with van der Waals surface area (Å²) in [4.78, 5) is 0. The minimum Gasteiger partial charge on any atom is -0.389 e. The SMILES string of the molecule is CC(NC(C)C(C)(C)O)c1cccc(Cl)c1. The fraction of sp³-hybridized carbons (Fsp3) is 0.538. The van der Waals surface area contributed by atoms with E-state index in [1.54, 1.807) is 13.8 Å². The third kappa shape index (κ3) is 3.78. The Bertz CT molecular complexity index is 346. The molecule has 3 heteroatoms. The van der Waals surface area contributed by atoms with E-state index in [1.165, 1.54) is 0 Å². The van der Waals surface area contributed by atoms with Gasteiger partial charge < -0.3 is 10.4 Å². The normalized spacial score (nSPS) is 15.9. The molecule has 1 aromatic carbocycles. The molecule has 0 spiro atoms. The molecule has 0 aliphatic rings. The summed E-state index contributed by atoms with van der Waals surface area (Å²) >= 11 is 5.94. The zero-order chi connectivity index (χ0) is 12.3. The van der Waals surface area contributed by atoms with Gasteiger partial charge in [0.2, 0.25) is 0 Å². The van der Waals surface area contributed by atoms with E-state index in [0.717, 1.165) is 10.6 Å². The van der Waals surface area contributed by atoms with Gasteiger partial charge in [0.05, 0.1) is 5.60 Å². The van der Waals surface area contributed by atoms with Crippen LogP contribution in [0.2, 0.25) is 5.02 Å². The van der Waals surface area contributed by atoms with Crippen LogP contribution in [0.4, 0.5) is 0 Å². The van der Waals surface area contributed by atoms with Crippen LogP contribution in [0.25, 0.3) is 0 Å². The van der Waals surface area contributed by atoms with Gasteiger partial charge in [0.25, 0.3) is 0 Å². The standard InChI is InChI=1S/C13H20ClNO/c1-9(15-10(2)13(3,4)16)11-6-5-7-12(14)8-11/h5-10,15-16H,1-4H3. The fourth-order valence-electron chi connectivity index (χ4n) is 1.45. The van der Waals surface area contributed by atoms with Crippen molar-refractivity contribution in [1.82, 2.24) is 5.32 Å². The fourth-order valence-corrected chi connectivity index (χ4v) is 1.65. The van der Waals surface area contributed by atoms with Crippen LogP contribution >= 0.6 is 11.6 Å². The highest BCUT2D eigenvalue weighted by atomic mass is 35.5. The molecule has 90 valence electrons. The molecule has 0 aromatic heterocycles. The second-order valence-corrected chi connectivity index (χ2v) is 5.26. The Balaban J connectivity index is 2.69. The van der Waals surface area contributed by atoms with Crippen molar-refractivity contribution in [1.29, 1.82) is 0 Å². The van der Waals surface area contributed by atoms with E-state index in [-0.39, 0.29) is 12.1 Å². The van der Waals surface area contributed by atoms with Gasteiger partial charge in [0.15, 0.2) is 0 Å². The number of hydrogen-bond acceptors (Lipinski definition) is 2. The van der Waals surface area contributed by atoms with Crippen molar-refractivity contribution in [3.05, 3.63) is 34.9 Å². The Morgan fingerprint density at radius 3 is 2.44 bits per heavy atom. The zero-order valence-electron chi connectivity index (χ0n) is 10.3. The Labute approximate surface area is 103 Å². The minimum absolute atomic E-state index is 0.0153. The van der Waals surface area contributed by atoms with Crippen molar-refractivity contribution in [2.45, 2.75) is 45.4 Å². The predicted octanol–water partition coefficient (Wildman–Crippen LogP) is 3.15. The minimum atomic E-state index is -0.729. The Morgan fingerprint density at radius 2 is 1.94 bits per heavy atom. The van der Waals surface area contributed by atoms with Gasteiger partial charge in [0.1, 0.15) is 0 Å². The number of benzene rings is 1. The first-order chi connectivity index (χ1) is 7.30. The predicted molar refractivity (Wildman–Crippen MR) is 68.8 cm³/mol. The molecule has 0 saturated carbocycles. The summed E-state index contributed by atoms with van der Waals surface area (Å²) in [7, 11) is 0. The maximum Gasteiger partial charge on any atom is 0.0741 e. The molecule has 0 heterocycles. The van der Waals surface area contributed by atoms with Crippen LogP contribution in [-0.4, -0.2) is 16.7 Å². The number of rotatable bonds is 4. The third-order valence-electron chi connectivity index (χ3n) is 2.91. The Kier molecular flexibility index (Phi) is 4.36. The van der Waals surface area contributed by atoms with Crippen LogP contribution in [-0.2, 0) is 0 Å². The second kappa shape index (κ2) is 5.17. The Morgan fingerprint density at radius 1 is 1.31 bits per heavy atom. The van der Waals surface area contributed by atoms with Crippen LogP contribution in [0.3, 0.4) is 0 Å². The van der Waals surface area contributed by atoms with Crippen molar-refractivity contribution < 1.29 is 5.11 Å². The molecule has 0 radical (unpaired) electrons. The number of hydrogen-bond donors (Lipinski definition) is 2. The molecule has 0 bridgehead atoms. The highest BCUT2D eigenvalue weighted by molar-refractivity contribution is 6.30. The second-order valence-electron chi connectivity index (χ2n) is 4.82. The monoisotopic (exact) mass is 241 g/mol. The molecule has 0 fully saturated rings. The summed E-state index contributed by atoms with van der Waals surface area (Å²) in [6, 6.07) is 7.94. The van der Waals surface area contributed by atoms with Gasteiger partial charge in [-0.15, -0.1) is 0 Å². The van der Waals surface area contributed by atoms with E-state index >= 15 is 0 Å². The van der Waals surface area contributed by atoms with Crippen LogP contribution < -0.4 is 5.32 Å². The first-order valence-electron chi connectivity index (χ1n) is 5.54. The van der Waals surface area contributed by atoms with E-state index in [9.17, 15) is 5.11 Å². The topological polar surface area (TPSA) is 32.3 Å². The average Bonchev–Trinajstić information content (AvgIpc) is 2.16. The lowest BCUT2D eigenvalue weighted by Gasteiger charge is -2.30. The lowest BCUT2D eigenvalue weighted by atomic mass is 9.98. The van der Waals surface area contributed by atoms with Crippen LogP contribution in [0, 0.1) is 0 Å². The smallest absolute Gasteiger partial charge is 0.0741 e. The van der Waals surface area contributed by atoms with E-state index in [2.05, 4.69) is 12.2 Å². The number of halogens is 1. The molecule has 2 N–H and O–H groups in total. The van der Waals surface area contributed by atoms with Gasteiger partial charge in [-0.3, -0.25) is 0 Å². The summed E-state index contributed by atoms with van der Waals surface area (Å²) in [5, 5.41) is 13.9. The van der Waals surface area contributed by atoms with E-state index in [0.29, 0.717) is 0 Å². The third-order valence-corrected chi connectivity index (χ3v) is 3.14. The molecule has 0 aliphatic carbocycles. The molecular formula is C13H20ClNO. The van der Waals surface area contributed by atoms with Crippen LogP contribution in [0.15, 0.2) is 24.3 Å².